The lowest BCUT2D eigenvalue weighted by Crippen LogP contribution is -2.40. The second kappa shape index (κ2) is 4.62. The van der Waals surface area contributed by atoms with Gasteiger partial charge in [0.25, 0.3) is 0 Å². The van der Waals surface area contributed by atoms with Crippen LogP contribution in [0.1, 0.15) is 18.7 Å². The van der Waals surface area contributed by atoms with E-state index in [1.807, 2.05) is 24.0 Å². The highest BCUT2D eigenvalue weighted by atomic mass is 32.2. The molecule has 1 aliphatic rings. The lowest BCUT2D eigenvalue weighted by molar-refractivity contribution is 0.586. The zero-order valence-electron chi connectivity index (χ0n) is 9.83. The Hall–Kier alpha value is -1.14. The second-order valence-corrected chi connectivity index (χ2v) is 6.67. The van der Waals surface area contributed by atoms with Gasteiger partial charge in [-0.1, -0.05) is 0 Å². The van der Waals surface area contributed by atoms with Crippen LogP contribution < -0.4 is 10.6 Å². The van der Waals surface area contributed by atoms with Gasteiger partial charge in [-0.05, 0) is 19.1 Å². The fourth-order valence-corrected chi connectivity index (χ4v) is 3.03. The maximum absolute atomic E-state index is 11.3. The van der Waals surface area contributed by atoms with Gasteiger partial charge in [-0.2, -0.15) is 0 Å². The standard InChI is InChI=1S/C11H17N3O2S/c1-9(12)11-3-2-10(8-13-11)14-4-6-17(15,16)7-5-14/h2-3,8-9H,4-7,12H2,1H3. The van der Waals surface area contributed by atoms with Crippen molar-refractivity contribution in [3.8, 4) is 0 Å². The Morgan fingerprint density at radius 2 is 2.00 bits per heavy atom. The molecule has 1 aliphatic heterocycles. The fraction of sp³-hybridized carbons (Fsp3) is 0.545. The van der Waals surface area contributed by atoms with Gasteiger partial charge < -0.3 is 10.6 Å². The Kier molecular flexibility index (Phi) is 3.35. The fourth-order valence-electron chi connectivity index (χ4n) is 1.82. The van der Waals surface area contributed by atoms with E-state index in [1.165, 1.54) is 0 Å². The van der Waals surface area contributed by atoms with Crippen molar-refractivity contribution in [1.82, 2.24) is 4.98 Å². The van der Waals surface area contributed by atoms with Crippen LogP contribution in [0.3, 0.4) is 0 Å². The van der Waals surface area contributed by atoms with Crippen LogP contribution in [0.15, 0.2) is 18.3 Å². The third-order valence-corrected chi connectivity index (χ3v) is 4.56. The summed E-state index contributed by atoms with van der Waals surface area (Å²) in [4.78, 5) is 6.31. The van der Waals surface area contributed by atoms with Gasteiger partial charge in [0, 0.05) is 19.1 Å². The maximum atomic E-state index is 11.3. The molecule has 0 aliphatic carbocycles. The molecule has 1 atom stereocenters. The summed E-state index contributed by atoms with van der Waals surface area (Å²) in [6.07, 6.45) is 1.76. The van der Waals surface area contributed by atoms with Crippen molar-refractivity contribution in [3.63, 3.8) is 0 Å². The molecule has 5 nitrogen and oxygen atoms in total. The second-order valence-electron chi connectivity index (χ2n) is 4.37. The van der Waals surface area contributed by atoms with Crippen molar-refractivity contribution in [2.45, 2.75) is 13.0 Å². The van der Waals surface area contributed by atoms with Crippen molar-refractivity contribution in [3.05, 3.63) is 24.0 Å². The topological polar surface area (TPSA) is 76.3 Å². The summed E-state index contributed by atoms with van der Waals surface area (Å²) in [5.41, 5.74) is 7.53. The van der Waals surface area contributed by atoms with Crippen LogP contribution in [0.25, 0.3) is 0 Å². The van der Waals surface area contributed by atoms with Crippen molar-refractivity contribution < 1.29 is 8.42 Å². The van der Waals surface area contributed by atoms with E-state index in [2.05, 4.69) is 4.98 Å². The smallest absolute Gasteiger partial charge is 0.153 e. The SMILES string of the molecule is CC(N)c1ccc(N2CCS(=O)(=O)CC2)cn1. The number of sulfone groups is 1. The highest BCUT2D eigenvalue weighted by Crippen LogP contribution is 2.17. The van der Waals surface area contributed by atoms with E-state index in [4.69, 9.17) is 5.73 Å². The Morgan fingerprint density at radius 1 is 1.35 bits per heavy atom. The van der Waals surface area contributed by atoms with Gasteiger partial charge in [0.2, 0.25) is 0 Å². The van der Waals surface area contributed by atoms with Crippen LogP contribution in [0, 0.1) is 0 Å². The van der Waals surface area contributed by atoms with Gasteiger partial charge in [-0.15, -0.1) is 0 Å². The molecular formula is C11H17N3O2S. The molecule has 1 saturated heterocycles. The van der Waals surface area contributed by atoms with Gasteiger partial charge in [0.1, 0.15) is 0 Å². The minimum absolute atomic E-state index is 0.0780. The molecule has 1 aromatic rings. The van der Waals surface area contributed by atoms with E-state index >= 15 is 0 Å². The van der Waals surface area contributed by atoms with E-state index in [1.54, 1.807) is 6.20 Å². The summed E-state index contributed by atoms with van der Waals surface area (Å²) in [5.74, 6) is 0.448. The molecule has 1 fully saturated rings. The first kappa shape index (κ1) is 12.3. The van der Waals surface area contributed by atoms with E-state index < -0.39 is 9.84 Å². The van der Waals surface area contributed by atoms with E-state index in [0.29, 0.717) is 13.1 Å². The molecule has 2 N–H and O–H groups in total. The molecule has 0 saturated carbocycles. The zero-order valence-corrected chi connectivity index (χ0v) is 10.7. The Labute approximate surface area is 102 Å². The van der Waals surface area contributed by atoms with Gasteiger partial charge in [-0.3, -0.25) is 4.98 Å². The number of hydrogen-bond donors (Lipinski definition) is 1. The van der Waals surface area contributed by atoms with Crippen LogP contribution in [0.5, 0.6) is 0 Å². The average Bonchev–Trinajstić information content (AvgIpc) is 2.29. The van der Waals surface area contributed by atoms with E-state index in [0.717, 1.165) is 11.4 Å². The molecule has 0 bridgehead atoms. The van der Waals surface area contributed by atoms with Crippen molar-refractivity contribution in [2.24, 2.45) is 5.73 Å². The van der Waals surface area contributed by atoms with E-state index in [-0.39, 0.29) is 17.5 Å². The Balaban J connectivity index is 2.09. The minimum Gasteiger partial charge on any atom is -0.368 e. The van der Waals surface area contributed by atoms with Gasteiger partial charge >= 0.3 is 0 Å². The summed E-state index contributed by atoms with van der Waals surface area (Å²) >= 11 is 0. The van der Waals surface area contributed by atoms with Gasteiger partial charge in [0.05, 0.1) is 29.1 Å². The number of rotatable bonds is 2. The lowest BCUT2D eigenvalue weighted by atomic mass is 10.2. The number of nitrogens with zero attached hydrogens (tertiary/aromatic N) is 2. The summed E-state index contributed by atoms with van der Waals surface area (Å²) in [6.45, 7) is 2.97. The highest BCUT2D eigenvalue weighted by molar-refractivity contribution is 7.91. The Bertz CT molecular complexity index is 468. The molecule has 2 heterocycles. The summed E-state index contributed by atoms with van der Waals surface area (Å²) in [7, 11) is -2.83. The van der Waals surface area contributed by atoms with Crippen LogP contribution in [-0.4, -0.2) is 38.0 Å². The first-order chi connectivity index (χ1) is 7.98. The third-order valence-electron chi connectivity index (χ3n) is 2.95. The molecular weight excluding hydrogens is 238 g/mol. The third kappa shape index (κ3) is 2.95. The molecule has 0 amide bonds. The molecule has 2 rings (SSSR count). The molecule has 6 heteroatoms. The summed E-state index contributed by atoms with van der Waals surface area (Å²) in [6, 6.07) is 3.76. The van der Waals surface area contributed by atoms with Gasteiger partial charge in [0.15, 0.2) is 9.84 Å². The normalized spacial score (nSPS) is 21.2. The molecule has 1 unspecified atom stereocenters. The van der Waals surface area contributed by atoms with Crippen LogP contribution >= 0.6 is 0 Å². The zero-order chi connectivity index (χ0) is 12.5. The molecule has 0 spiro atoms. The molecule has 0 radical (unpaired) electrons. The monoisotopic (exact) mass is 255 g/mol. The van der Waals surface area contributed by atoms with Crippen molar-refractivity contribution >= 4 is 15.5 Å². The number of hydrogen-bond acceptors (Lipinski definition) is 5. The van der Waals surface area contributed by atoms with Gasteiger partial charge in [-0.25, -0.2) is 8.42 Å². The van der Waals surface area contributed by atoms with Crippen LogP contribution in [0.2, 0.25) is 0 Å². The van der Waals surface area contributed by atoms with Crippen molar-refractivity contribution in [1.29, 1.82) is 0 Å². The van der Waals surface area contributed by atoms with E-state index in [9.17, 15) is 8.42 Å². The maximum Gasteiger partial charge on any atom is 0.153 e. The molecule has 94 valence electrons. The Morgan fingerprint density at radius 3 is 2.47 bits per heavy atom. The quantitative estimate of drug-likeness (QED) is 0.824. The van der Waals surface area contributed by atoms with Crippen LogP contribution in [0.4, 0.5) is 5.69 Å². The highest BCUT2D eigenvalue weighted by Gasteiger charge is 2.21. The average molecular weight is 255 g/mol. The summed E-state index contributed by atoms with van der Waals surface area (Å²) in [5, 5.41) is 0. The number of aromatic nitrogens is 1. The predicted molar refractivity (Wildman–Crippen MR) is 67.7 cm³/mol. The molecule has 0 aromatic carbocycles. The number of anilines is 1. The minimum atomic E-state index is -2.83. The number of nitrogens with two attached hydrogens (primary N) is 1. The molecule has 1 aromatic heterocycles. The summed E-state index contributed by atoms with van der Waals surface area (Å²) < 4.78 is 22.6. The number of pyridine rings is 1. The first-order valence-electron chi connectivity index (χ1n) is 5.65. The molecule has 17 heavy (non-hydrogen) atoms. The van der Waals surface area contributed by atoms with Crippen LogP contribution in [-0.2, 0) is 9.84 Å². The first-order valence-corrected chi connectivity index (χ1v) is 7.47. The lowest BCUT2D eigenvalue weighted by Gasteiger charge is -2.28. The largest absolute Gasteiger partial charge is 0.368 e. The van der Waals surface area contributed by atoms with Crippen molar-refractivity contribution in [2.75, 3.05) is 29.5 Å². The predicted octanol–water partition coefficient (Wildman–Crippen LogP) is 0.336.